The van der Waals surface area contributed by atoms with E-state index in [0.717, 1.165) is 25.1 Å². The van der Waals surface area contributed by atoms with Gasteiger partial charge in [0.05, 0.1) is 0 Å². The Kier molecular flexibility index (Phi) is 3.99. The van der Waals surface area contributed by atoms with Crippen LogP contribution in [0, 0.1) is 6.92 Å². The number of aromatic nitrogens is 1. The summed E-state index contributed by atoms with van der Waals surface area (Å²) in [4.78, 5) is 20.0. The molecule has 2 rings (SSSR count). The van der Waals surface area contributed by atoms with Crippen LogP contribution in [0.25, 0.3) is 0 Å². The van der Waals surface area contributed by atoms with Gasteiger partial charge in [-0.05, 0) is 52.4 Å². The third kappa shape index (κ3) is 2.63. The SMILES string of the molecule is Cc1ccc(C(=O)O)c(N(C)CC2(N(C)C)CCC2)n1. The van der Waals surface area contributed by atoms with E-state index in [1.807, 2.05) is 18.9 Å². The quantitative estimate of drug-likeness (QED) is 0.892. The zero-order valence-corrected chi connectivity index (χ0v) is 12.7. The molecule has 1 aliphatic carbocycles. The molecule has 1 aromatic heterocycles. The highest BCUT2D eigenvalue weighted by Gasteiger charge is 2.40. The second kappa shape index (κ2) is 5.40. The van der Waals surface area contributed by atoms with E-state index in [1.54, 1.807) is 12.1 Å². The first kappa shape index (κ1) is 14.8. The summed E-state index contributed by atoms with van der Waals surface area (Å²) < 4.78 is 0. The van der Waals surface area contributed by atoms with Crippen molar-refractivity contribution >= 4 is 11.8 Å². The lowest BCUT2D eigenvalue weighted by molar-refractivity contribution is 0.0669. The van der Waals surface area contributed by atoms with Crippen molar-refractivity contribution in [2.75, 3.05) is 32.6 Å². The molecule has 1 aromatic rings. The number of aromatic carboxylic acids is 1. The molecule has 0 bridgehead atoms. The van der Waals surface area contributed by atoms with Crippen molar-refractivity contribution in [3.05, 3.63) is 23.4 Å². The van der Waals surface area contributed by atoms with Gasteiger partial charge in [-0.1, -0.05) is 0 Å². The van der Waals surface area contributed by atoms with Crippen molar-refractivity contribution in [2.45, 2.75) is 31.7 Å². The molecule has 1 N–H and O–H groups in total. The van der Waals surface area contributed by atoms with Gasteiger partial charge in [-0.25, -0.2) is 9.78 Å². The van der Waals surface area contributed by atoms with Crippen molar-refractivity contribution in [2.24, 2.45) is 0 Å². The number of carboxylic acids is 1. The average Bonchev–Trinajstić information content (AvgIpc) is 2.32. The molecule has 5 heteroatoms. The zero-order valence-electron chi connectivity index (χ0n) is 12.7. The third-order valence-electron chi connectivity index (χ3n) is 4.37. The highest BCUT2D eigenvalue weighted by molar-refractivity contribution is 5.93. The fraction of sp³-hybridized carbons (Fsp3) is 0.600. The molecule has 0 radical (unpaired) electrons. The Morgan fingerprint density at radius 1 is 1.35 bits per heavy atom. The van der Waals surface area contributed by atoms with Crippen molar-refractivity contribution in [3.8, 4) is 0 Å². The van der Waals surface area contributed by atoms with Gasteiger partial charge in [0.15, 0.2) is 0 Å². The lowest BCUT2D eigenvalue weighted by Crippen LogP contribution is -2.57. The summed E-state index contributed by atoms with van der Waals surface area (Å²) in [6.07, 6.45) is 3.54. The van der Waals surface area contributed by atoms with Crippen LogP contribution >= 0.6 is 0 Å². The van der Waals surface area contributed by atoms with Crippen molar-refractivity contribution in [1.82, 2.24) is 9.88 Å². The maximum Gasteiger partial charge on any atom is 0.339 e. The van der Waals surface area contributed by atoms with Crippen LogP contribution in [-0.2, 0) is 0 Å². The molecule has 0 atom stereocenters. The summed E-state index contributed by atoms with van der Waals surface area (Å²) in [5.41, 5.74) is 1.26. The standard InChI is InChI=1S/C15H23N3O2/c1-11-6-7-12(14(19)20)13(16-11)18(4)10-15(17(2)3)8-5-9-15/h6-7H,5,8-10H2,1-4H3,(H,19,20). The highest BCUT2D eigenvalue weighted by Crippen LogP contribution is 2.37. The van der Waals surface area contributed by atoms with E-state index in [9.17, 15) is 9.90 Å². The van der Waals surface area contributed by atoms with Crippen LogP contribution in [0.5, 0.6) is 0 Å². The smallest absolute Gasteiger partial charge is 0.339 e. The minimum Gasteiger partial charge on any atom is -0.478 e. The maximum absolute atomic E-state index is 11.3. The van der Waals surface area contributed by atoms with Gasteiger partial charge in [0.1, 0.15) is 11.4 Å². The van der Waals surface area contributed by atoms with Crippen LogP contribution in [0.15, 0.2) is 12.1 Å². The molecule has 0 saturated heterocycles. The zero-order chi connectivity index (χ0) is 14.9. The lowest BCUT2D eigenvalue weighted by Gasteiger charge is -2.49. The predicted molar refractivity (Wildman–Crippen MR) is 79.5 cm³/mol. The van der Waals surface area contributed by atoms with E-state index in [0.29, 0.717) is 5.82 Å². The van der Waals surface area contributed by atoms with Crippen LogP contribution in [-0.4, -0.2) is 54.2 Å². The lowest BCUT2D eigenvalue weighted by atomic mass is 9.75. The van der Waals surface area contributed by atoms with E-state index >= 15 is 0 Å². The number of hydrogen-bond acceptors (Lipinski definition) is 4. The first-order valence-corrected chi connectivity index (χ1v) is 6.95. The van der Waals surface area contributed by atoms with E-state index < -0.39 is 5.97 Å². The summed E-state index contributed by atoms with van der Waals surface area (Å²) >= 11 is 0. The van der Waals surface area contributed by atoms with Gasteiger partial charge in [0.2, 0.25) is 0 Å². The predicted octanol–water partition coefficient (Wildman–Crippen LogP) is 2.01. The summed E-state index contributed by atoms with van der Waals surface area (Å²) in [7, 11) is 6.11. The normalized spacial score (nSPS) is 16.9. The monoisotopic (exact) mass is 277 g/mol. The summed E-state index contributed by atoms with van der Waals surface area (Å²) in [6, 6.07) is 3.38. The fourth-order valence-electron chi connectivity index (χ4n) is 2.85. The second-order valence-electron chi connectivity index (χ2n) is 5.96. The van der Waals surface area contributed by atoms with E-state index in [4.69, 9.17) is 0 Å². The molecule has 1 aliphatic rings. The molecule has 110 valence electrons. The van der Waals surface area contributed by atoms with Gasteiger partial charge < -0.3 is 14.9 Å². The van der Waals surface area contributed by atoms with E-state index in [1.165, 1.54) is 6.42 Å². The Hall–Kier alpha value is -1.62. The number of hydrogen-bond donors (Lipinski definition) is 1. The van der Waals surface area contributed by atoms with Crippen molar-refractivity contribution < 1.29 is 9.90 Å². The molecule has 1 fully saturated rings. The Bertz CT molecular complexity index is 510. The fourth-order valence-corrected chi connectivity index (χ4v) is 2.85. The Morgan fingerprint density at radius 3 is 2.45 bits per heavy atom. The Morgan fingerprint density at radius 2 is 2.00 bits per heavy atom. The number of aryl methyl sites for hydroxylation is 1. The Balaban J connectivity index is 2.27. The van der Waals surface area contributed by atoms with E-state index in [-0.39, 0.29) is 11.1 Å². The van der Waals surface area contributed by atoms with Crippen LogP contribution in [0.4, 0.5) is 5.82 Å². The van der Waals surface area contributed by atoms with Gasteiger partial charge in [-0.3, -0.25) is 0 Å². The summed E-state index contributed by atoms with van der Waals surface area (Å²) in [5.74, 6) is -0.363. The number of pyridine rings is 1. The van der Waals surface area contributed by atoms with Gasteiger partial charge in [0, 0.05) is 24.8 Å². The first-order valence-electron chi connectivity index (χ1n) is 6.95. The molecule has 0 aromatic carbocycles. The van der Waals surface area contributed by atoms with Gasteiger partial charge in [-0.15, -0.1) is 0 Å². The van der Waals surface area contributed by atoms with Gasteiger partial charge >= 0.3 is 5.97 Å². The number of rotatable bonds is 5. The van der Waals surface area contributed by atoms with Crippen molar-refractivity contribution in [1.29, 1.82) is 0 Å². The maximum atomic E-state index is 11.3. The molecule has 0 spiro atoms. The molecule has 0 amide bonds. The van der Waals surface area contributed by atoms with Gasteiger partial charge in [-0.2, -0.15) is 0 Å². The number of likely N-dealkylation sites (N-methyl/N-ethyl adjacent to an activating group) is 2. The van der Waals surface area contributed by atoms with Crippen LogP contribution in [0.3, 0.4) is 0 Å². The van der Waals surface area contributed by atoms with Crippen LogP contribution in [0.2, 0.25) is 0 Å². The molecule has 5 nitrogen and oxygen atoms in total. The largest absolute Gasteiger partial charge is 0.478 e. The topological polar surface area (TPSA) is 56.7 Å². The first-order chi connectivity index (χ1) is 9.35. The van der Waals surface area contributed by atoms with Crippen LogP contribution in [0.1, 0.15) is 35.3 Å². The highest BCUT2D eigenvalue weighted by atomic mass is 16.4. The number of nitrogens with zero attached hydrogens (tertiary/aromatic N) is 3. The molecule has 0 unspecified atom stereocenters. The van der Waals surface area contributed by atoms with E-state index in [2.05, 4.69) is 24.0 Å². The molecule has 1 heterocycles. The minimum absolute atomic E-state index is 0.149. The molecule has 0 aliphatic heterocycles. The Labute approximate surface area is 120 Å². The minimum atomic E-state index is -0.924. The number of carbonyl (C=O) groups is 1. The van der Waals surface area contributed by atoms with Crippen molar-refractivity contribution in [3.63, 3.8) is 0 Å². The second-order valence-corrected chi connectivity index (χ2v) is 5.96. The van der Waals surface area contributed by atoms with Gasteiger partial charge in [0.25, 0.3) is 0 Å². The summed E-state index contributed by atoms with van der Waals surface area (Å²) in [5, 5.41) is 9.31. The molecular weight excluding hydrogens is 254 g/mol. The number of anilines is 1. The number of carboxylic acid groups (broad SMARTS) is 1. The average molecular weight is 277 g/mol. The molecular formula is C15H23N3O2. The summed E-state index contributed by atoms with van der Waals surface area (Å²) in [6.45, 7) is 2.69. The third-order valence-corrected chi connectivity index (χ3v) is 4.37. The van der Waals surface area contributed by atoms with Crippen LogP contribution < -0.4 is 4.90 Å². The molecule has 1 saturated carbocycles. The molecule has 20 heavy (non-hydrogen) atoms.